The monoisotopic (exact) mass is 350 g/mol. The van der Waals surface area contributed by atoms with Crippen LogP contribution in [0.5, 0.6) is 5.75 Å². The predicted octanol–water partition coefficient (Wildman–Crippen LogP) is 2.49. The van der Waals surface area contributed by atoms with Crippen LogP contribution in [0, 0.1) is 6.92 Å². The number of carbonyl (C=O) groups is 1. The van der Waals surface area contributed by atoms with Gasteiger partial charge in [-0.3, -0.25) is 4.79 Å². The lowest BCUT2D eigenvalue weighted by atomic mass is 9.97. The number of nitrogens with one attached hydrogen (secondary N) is 2. The summed E-state index contributed by atoms with van der Waals surface area (Å²) in [4.78, 5) is 11.5. The van der Waals surface area contributed by atoms with Crippen molar-refractivity contribution in [1.82, 2.24) is 4.72 Å². The fourth-order valence-electron chi connectivity index (χ4n) is 3.06. The van der Waals surface area contributed by atoms with Crippen LogP contribution >= 0.6 is 0 Å². The van der Waals surface area contributed by atoms with Crippen LogP contribution in [0.3, 0.4) is 0 Å². The molecule has 0 spiro atoms. The van der Waals surface area contributed by atoms with E-state index in [1.54, 1.807) is 13.0 Å². The second kappa shape index (κ2) is 6.94. The molecule has 1 aliphatic carbocycles. The summed E-state index contributed by atoms with van der Waals surface area (Å²) in [5.74, 6) is 0.145. The van der Waals surface area contributed by atoms with Crippen molar-refractivity contribution in [3.63, 3.8) is 0 Å². The number of benzene rings is 1. The average molecular weight is 350 g/mol. The van der Waals surface area contributed by atoms with Gasteiger partial charge in [-0.15, -0.1) is 0 Å². The van der Waals surface area contributed by atoms with Crippen LogP contribution in [0.1, 0.15) is 37.7 Å². The van der Waals surface area contributed by atoms with Gasteiger partial charge >= 0.3 is 0 Å². The molecule has 24 heavy (non-hydrogen) atoms. The molecule has 0 saturated carbocycles. The van der Waals surface area contributed by atoms with Crippen LogP contribution in [0.15, 0.2) is 28.7 Å². The fourth-order valence-corrected chi connectivity index (χ4v) is 4.33. The summed E-state index contributed by atoms with van der Waals surface area (Å²) in [7, 11) is -3.61. The van der Waals surface area contributed by atoms with Crippen molar-refractivity contribution in [2.45, 2.75) is 43.9 Å². The molecule has 2 N–H and O–H groups in total. The van der Waals surface area contributed by atoms with Crippen LogP contribution in [-0.4, -0.2) is 27.5 Å². The Morgan fingerprint density at radius 3 is 2.88 bits per heavy atom. The van der Waals surface area contributed by atoms with Crippen LogP contribution in [-0.2, 0) is 14.8 Å². The second-order valence-corrected chi connectivity index (χ2v) is 7.94. The van der Waals surface area contributed by atoms with Gasteiger partial charge in [-0.05, 0) is 50.7 Å². The third-order valence-electron chi connectivity index (χ3n) is 4.32. The summed E-state index contributed by atoms with van der Waals surface area (Å²) < 4.78 is 33.1. The van der Waals surface area contributed by atoms with Crippen molar-refractivity contribution in [2.24, 2.45) is 0 Å². The molecule has 0 bridgehead atoms. The number of hydrogen-bond acceptors (Lipinski definition) is 4. The van der Waals surface area contributed by atoms with Crippen molar-refractivity contribution in [3.8, 4) is 5.75 Å². The van der Waals surface area contributed by atoms with Crippen LogP contribution in [0.2, 0.25) is 0 Å². The largest absolute Gasteiger partial charge is 0.482 e. The van der Waals surface area contributed by atoms with Crippen molar-refractivity contribution in [3.05, 3.63) is 29.3 Å². The van der Waals surface area contributed by atoms with E-state index in [4.69, 9.17) is 4.74 Å². The van der Waals surface area contributed by atoms with Crippen molar-refractivity contribution < 1.29 is 17.9 Å². The molecule has 7 heteroatoms. The zero-order valence-corrected chi connectivity index (χ0v) is 14.5. The van der Waals surface area contributed by atoms with Crippen LogP contribution in [0.25, 0.3) is 0 Å². The van der Waals surface area contributed by atoms with Gasteiger partial charge in [-0.2, -0.15) is 0 Å². The Kier molecular flexibility index (Phi) is 4.91. The minimum Gasteiger partial charge on any atom is -0.482 e. The van der Waals surface area contributed by atoms with E-state index in [0.717, 1.165) is 19.3 Å². The molecule has 0 saturated heterocycles. The van der Waals surface area contributed by atoms with Crippen molar-refractivity contribution in [1.29, 1.82) is 0 Å². The molecule has 1 aromatic carbocycles. The Labute approximate surface area is 142 Å². The van der Waals surface area contributed by atoms with E-state index in [2.05, 4.69) is 16.1 Å². The Balaban J connectivity index is 1.72. The fraction of sp³-hybridized carbons (Fsp3) is 0.471. The third kappa shape index (κ3) is 3.79. The zero-order chi connectivity index (χ0) is 17.2. The van der Waals surface area contributed by atoms with Gasteiger partial charge in [0.05, 0.1) is 10.6 Å². The SMILES string of the molecule is Cc1cc2c(cc1S(=O)(=O)NCCC1=CCCCC1)OCC(=O)N2. The number of fused-ring (bicyclic) bond motifs is 1. The molecule has 1 aromatic rings. The van der Waals surface area contributed by atoms with Gasteiger partial charge < -0.3 is 10.1 Å². The maximum Gasteiger partial charge on any atom is 0.262 e. The summed E-state index contributed by atoms with van der Waals surface area (Å²) in [5, 5.41) is 2.68. The lowest BCUT2D eigenvalue weighted by molar-refractivity contribution is -0.118. The number of sulfonamides is 1. The number of ether oxygens (including phenoxy) is 1. The zero-order valence-electron chi connectivity index (χ0n) is 13.7. The highest BCUT2D eigenvalue weighted by atomic mass is 32.2. The summed E-state index contributed by atoms with van der Waals surface area (Å²) in [6, 6.07) is 3.11. The van der Waals surface area contributed by atoms with Gasteiger partial charge in [0.25, 0.3) is 5.91 Å². The van der Waals surface area contributed by atoms with E-state index in [9.17, 15) is 13.2 Å². The molecule has 1 aliphatic heterocycles. The van der Waals surface area contributed by atoms with Crippen molar-refractivity contribution >= 4 is 21.6 Å². The third-order valence-corrected chi connectivity index (χ3v) is 5.93. The molecule has 0 radical (unpaired) electrons. The Morgan fingerprint density at radius 1 is 1.29 bits per heavy atom. The summed E-state index contributed by atoms with van der Waals surface area (Å²) in [5.41, 5.74) is 2.41. The van der Waals surface area contributed by atoms with E-state index >= 15 is 0 Å². The molecule has 3 rings (SSSR count). The molecule has 0 fully saturated rings. The molecule has 0 unspecified atom stereocenters. The maximum atomic E-state index is 12.6. The average Bonchev–Trinajstić information content (AvgIpc) is 2.54. The molecular formula is C17H22N2O4S. The number of carbonyl (C=O) groups excluding carboxylic acids is 1. The van der Waals surface area contributed by atoms with Gasteiger partial charge in [0, 0.05) is 12.6 Å². The number of rotatable bonds is 5. The molecule has 1 amide bonds. The van der Waals surface area contributed by atoms with Gasteiger partial charge in [0.2, 0.25) is 10.0 Å². The first-order valence-electron chi connectivity index (χ1n) is 8.20. The quantitative estimate of drug-likeness (QED) is 0.799. The Bertz CT molecular complexity index is 784. The molecular weight excluding hydrogens is 328 g/mol. The molecule has 130 valence electrons. The molecule has 0 aromatic heterocycles. The number of amides is 1. The Hall–Kier alpha value is -1.86. The second-order valence-electron chi connectivity index (χ2n) is 6.21. The minimum absolute atomic E-state index is 0.100. The highest BCUT2D eigenvalue weighted by molar-refractivity contribution is 7.89. The number of hydrogen-bond donors (Lipinski definition) is 2. The standard InChI is InChI=1S/C17H22N2O4S/c1-12-9-14-15(23-11-17(20)19-14)10-16(12)24(21,22)18-8-7-13-5-3-2-4-6-13/h5,9-10,18H,2-4,6-8,11H2,1H3,(H,19,20). The smallest absolute Gasteiger partial charge is 0.262 e. The molecule has 0 atom stereocenters. The lowest BCUT2D eigenvalue weighted by Gasteiger charge is -2.20. The first-order chi connectivity index (χ1) is 11.5. The number of anilines is 1. The van der Waals surface area contributed by atoms with E-state index in [-0.39, 0.29) is 17.4 Å². The van der Waals surface area contributed by atoms with Gasteiger partial charge in [0.1, 0.15) is 5.75 Å². The van der Waals surface area contributed by atoms with E-state index in [1.807, 2.05) is 0 Å². The summed E-state index contributed by atoms with van der Waals surface area (Å²) in [6.45, 7) is 2.00. The summed E-state index contributed by atoms with van der Waals surface area (Å²) >= 11 is 0. The first kappa shape index (κ1) is 17.0. The minimum atomic E-state index is -3.61. The van der Waals surface area contributed by atoms with Gasteiger partial charge in [-0.25, -0.2) is 13.1 Å². The lowest BCUT2D eigenvalue weighted by Crippen LogP contribution is -2.28. The van der Waals surface area contributed by atoms with E-state index in [1.165, 1.54) is 24.5 Å². The molecule has 6 nitrogen and oxygen atoms in total. The predicted molar refractivity (Wildman–Crippen MR) is 91.7 cm³/mol. The first-order valence-corrected chi connectivity index (χ1v) is 9.69. The van der Waals surface area contributed by atoms with Crippen molar-refractivity contribution in [2.75, 3.05) is 18.5 Å². The molecule has 2 aliphatic rings. The van der Waals surface area contributed by atoms with Gasteiger partial charge in [0.15, 0.2) is 6.61 Å². The normalized spacial score (nSPS) is 17.5. The highest BCUT2D eigenvalue weighted by Crippen LogP contribution is 2.32. The maximum absolute atomic E-state index is 12.6. The van der Waals surface area contributed by atoms with Gasteiger partial charge in [-0.1, -0.05) is 11.6 Å². The number of allylic oxidation sites excluding steroid dienone is 1. The Morgan fingerprint density at radius 2 is 2.12 bits per heavy atom. The van der Waals surface area contributed by atoms with Crippen LogP contribution < -0.4 is 14.8 Å². The topological polar surface area (TPSA) is 84.5 Å². The highest BCUT2D eigenvalue weighted by Gasteiger charge is 2.23. The summed E-state index contributed by atoms with van der Waals surface area (Å²) in [6.07, 6.45) is 7.53. The van der Waals surface area contributed by atoms with E-state index in [0.29, 0.717) is 23.5 Å². The van der Waals surface area contributed by atoms with E-state index < -0.39 is 10.0 Å². The number of aryl methyl sites for hydroxylation is 1. The molecule has 1 heterocycles. The van der Waals surface area contributed by atoms with Crippen LogP contribution in [0.4, 0.5) is 5.69 Å².